The highest BCUT2D eigenvalue weighted by Gasteiger charge is 2.28. The van der Waals surface area contributed by atoms with Gasteiger partial charge < -0.3 is 9.47 Å². The van der Waals surface area contributed by atoms with Crippen molar-refractivity contribution in [3.63, 3.8) is 0 Å². The second-order valence-corrected chi connectivity index (χ2v) is 6.46. The molecule has 0 saturated carbocycles. The second kappa shape index (κ2) is 8.47. The minimum Gasteiger partial charge on any atom is -0.460 e. The van der Waals surface area contributed by atoms with Gasteiger partial charge in [-0.1, -0.05) is 56.3 Å². The van der Waals surface area contributed by atoms with Gasteiger partial charge in [-0.2, -0.15) is 0 Å². The molecule has 2 rings (SSSR count). The molecule has 1 atom stereocenters. The molecule has 0 fully saturated rings. The maximum absolute atomic E-state index is 12.4. The van der Waals surface area contributed by atoms with E-state index in [9.17, 15) is 9.59 Å². The van der Waals surface area contributed by atoms with Crippen LogP contribution in [0.4, 0.5) is 0 Å². The highest BCUT2D eigenvalue weighted by Crippen LogP contribution is 2.24. The van der Waals surface area contributed by atoms with Gasteiger partial charge in [-0.05, 0) is 37.5 Å². The zero-order valence-electron chi connectivity index (χ0n) is 15.1. The average molecular weight is 340 g/mol. The van der Waals surface area contributed by atoms with E-state index in [-0.39, 0.29) is 6.10 Å². The lowest BCUT2D eigenvalue weighted by molar-refractivity contribution is -0.158. The van der Waals surface area contributed by atoms with Crippen LogP contribution < -0.4 is 0 Å². The van der Waals surface area contributed by atoms with E-state index < -0.39 is 18.0 Å². The molecule has 0 saturated heterocycles. The number of ether oxygens (including phenoxy) is 2. The van der Waals surface area contributed by atoms with Crippen molar-refractivity contribution in [2.24, 2.45) is 0 Å². The first-order valence-electron chi connectivity index (χ1n) is 8.45. The first-order valence-corrected chi connectivity index (χ1v) is 8.45. The third-order valence-electron chi connectivity index (χ3n) is 3.71. The summed E-state index contributed by atoms with van der Waals surface area (Å²) in [6.45, 7) is 7.70. The van der Waals surface area contributed by atoms with E-state index in [2.05, 4.69) is 13.8 Å². The Morgan fingerprint density at radius 1 is 0.760 bits per heavy atom. The molecule has 0 aliphatic carbocycles. The van der Waals surface area contributed by atoms with Gasteiger partial charge in [-0.3, -0.25) is 0 Å². The number of hydrogen-bond donors (Lipinski definition) is 0. The lowest BCUT2D eigenvalue weighted by atomic mass is 10.00. The highest BCUT2D eigenvalue weighted by atomic mass is 16.6. The summed E-state index contributed by atoms with van der Waals surface area (Å²) in [4.78, 5) is 24.8. The Balaban J connectivity index is 2.26. The number of rotatable bonds is 6. The van der Waals surface area contributed by atoms with Crippen LogP contribution in [0.3, 0.4) is 0 Å². The van der Waals surface area contributed by atoms with Gasteiger partial charge in [0, 0.05) is 5.56 Å². The normalized spacial score (nSPS) is 12.1. The minimum atomic E-state index is -1.09. The largest absolute Gasteiger partial charge is 0.460 e. The second-order valence-electron chi connectivity index (χ2n) is 6.46. The number of hydrogen-bond acceptors (Lipinski definition) is 4. The van der Waals surface area contributed by atoms with Crippen molar-refractivity contribution in [3.05, 3.63) is 71.3 Å². The molecular formula is C21H24O4. The molecule has 0 spiro atoms. The summed E-state index contributed by atoms with van der Waals surface area (Å²) in [5, 5.41) is 0. The smallest absolute Gasteiger partial charge is 0.352 e. The summed E-state index contributed by atoms with van der Waals surface area (Å²) in [6.07, 6.45) is -1.38. The molecule has 4 heteroatoms. The lowest BCUT2D eigenvalue weighted by Crippen LogP contribution is -2.24. The Morgan fingerprint density at radius 3 is 1.84 bits per heavy atom. The van der Waals surface area contributed by atoms with E-state index in [0.717, 1.165) is 5.56 Å². The van der Waals surface area contributed by atoms with Crippen molar-refractivity contribution in [1.29, 1.82) is 0 Å². The van der Waals surface area contributed by atoms with Gasteiger partial charge in [0.1, 0.15) is 0 Å². The molecule has 2 aromatic rings. The van der Waals surface area contributed by atoms with Crippen molar-refractivity contribution in [2.75, 3.05) is 0 Å². The number of esters is 2. The Hall–Kier alpha value is -2.62. The van der Waals surface area contributed by atoms with E-state index in [0.29, 0.717) is 17.0 Å². The van der Waals surface area contributed by atoms with Gasteiger partial charge in [0.25, 0.3) is 0 Å². The van der Waals surface area contributed by atoms with Crippen LogP contribution in [0, 0.1) is 0 Å². The lowest BCUT2D eigenvalue weighted by Gasteiger charge is -2.19. The molecule has 2 aromatic carbocycles. The van der Waals surface area contributed by atoms with Crippen LogP contribution in [0.2, 0.25) is 0 Å². The van der Waals surface area contributed by atoms with Crippen molar-refractivity contribution in [3.8, 4) is 0 Å². The fourth-order valence-corrected chi connectivity index (χ4v) is 2.35. The number of carbonyl (C=O) groups is 2. The maximum Gasteiger partial charge on any atom is 0.352 e. The zero-order chi connectivity index (χ0) is 18.4. The van der Waals surface area contributed by atoms with Gasteiger partial charge in [0.15, 0.2) is 0 Å². The first kappa shape index (κ1) is 18.7. The monoisotopic (exact) mass is 340 g/mol. The third kappa shape index (κ3) is 5.18. The Kier molecular flexibility index (Phi) is 6.34. The number of carbonyl (C=O) groups excluding carboxylic acids is 2. The summed E-state index contributed by atoms with van der Waals surface area (Å²) in [6, 6.07) is 16.1. The van der Waals surface area contributed by atoms with Gasteiger partial charge >= 0.3 is 11.9 Å². The summed E-state index contributed by atoms with van der Waals surface area (Å²) in [7, 11) is 0. The molecule has 0 aliphatic heterocycles. The Morgan fingerprint density at radius 2 is 1.32 bits per heavy atom. The van der Waals surface area contributed by atoms with Crippen LogP contribution in [-0.2, 0) is 14.3 Å². The molecule has 4 nitrogen and oxygen atoms in total. The fourth-order valence-electron chi connectivity index (χ4n) is 2.35. The van der Waals surface area contributed by atoms with Crippen molar-refractivity contribution >= 4 is 11.9 Å². The third-order valence-corrected chi connectivity index (χ3v) is 3.71. The molecule has 0 bridgehead atoms. The molecule has 25 heavy (non-hydrogen) atoms. The van der Waals surface area contributed by atoms with Gasteiger partial charge in [0.05, 0.1) is 11.7 Å². The summed E-state index contributed by atoms with van der Waals surface area (Å²) < 4.78 is 10.7. The molecule has 0 amide bonds. The predicted octanol–water partition coefficient (Wildman–Crippen LogP) is 4.66. The van der Waals surface area contributed by atoms with Crippen molar-refractivity contribution in [2.45, 2.75) is 45.8 Å². The molecule has 132 valence electrons. The Bertz CT molecular complexity index is 702. The average Bonchev–Trinajstić information content (AvgIpc) is 2.59. The molecule has 0 radical (unpaired) electrons. The maximum atomic E-state index is 12.4. The van der Waals surface area contributed by atoms with E-state index in [4.69, 9.17) is 9.47 Å². The molecule has 0 unspecified atom stereocenters. The van der Waals surface area contributed by atoms with E-state index >= 15 is 0 Å². The van der Waals surface area contributed by atoms with Crippen LogP contribution in [0.1, 0.15) is 61.2 Å². The van der Waals surface area contributed by atoms with E-state index in [1.165, 1.54) is 0 Å². The van der Waals surface area contributed by atoms with Gasteiger partial charge in [-0.15, -0.1) is 0 Å². The van der Waals surface area contributed by atoms with Crippen LogP contribution in [0.25, 0.3) is 0 Å². The summed E-state index contributed by atoms with van der Waals surface area (Å²) in [5.74, 6) is -0.752. The predicted molar refractivity (Wildman–Crippen MR) is 96.4 cm³/mol. The molecule has 0 aromatic heterocycles. The van der Waals surface area contributed by atoms with Crippen LogP contribution in [-0.4, -0.2) is 18.0 Å². The van der Waals surface area contributed by atoms with E-state index in [1.54, 1.807) is 50.2 Å². The van der Waals surface area contributed by atoms with Crippen LogP contribution in [0.5, 0.6) is 0 Å². The fraction of sp³-hybridized carbons (Fsp3) is 0.333. The zero-order valence-corrected chi connectivity index (χ0v) is 15.1. The standard InChI is InChI=1S/C21H24O4/c1-14(2)16-10-12-17(13-11-16)19(21(23)24-15(3)4)25-20(22)18-8-6-5-7-9-18/h5-15,19H,1-4H3/t19-/m0/s1. The summed E-state index contributed by atoms with van der Waals surface area (Å²) >= 11 is 0. The Labute approximate surface area is 148 Å². The first-order chi connectivity index (χ1) is 11.9. The minimum absolute atomic E-state index is 0.291. The van der Waals surface area contributed by atoms with Gasteiger partial charge in [0.2, 0.25) is 6.10 Å². The van der Waals surface area contributed by atoms with Crippen LogP contribution in [0.15, 0.2) is 54.6 Å². The van der Waals surface area contributed by atoms with E-state index in [1.807, 2.05) is 18.2 Å². The van der Waals surface area contributed by atoms with Crippen molar-refractivity contribution in [1.82, 2.24) is 0 Å². The number of benzene rings is 2. The summed E-state index contributed by atoms with van der Waals surface area (Å²) in [5.41, 5.74) is 2.14. The van der Waals surface area contributed by atoms with Crippen LogP contribution >= 0.6 is 0 Å². The SMILES string of the molecule is CC(C)OC(=O)[C@@H](OC(=O)c1ccccc1)c1ccc(C(C)C)cc1. The molecule has 0 N–H and O–H groups in total. The van der Waals surface area contributed by atoms with Gasteiger partial charge in [-0.25, -0.2) is 9.59 Å². The molecule has 0 heterocycles. The van der Waals surface area contributed by atoms with Crippen molar-refractivity contribution < 1.29 is 19.1 Å². The highest BCUT2D eigenvalue weighted by molar-refractivity contribution is 5.91. The quantitative estimate of drug-likeness (QED) is 0.718. The molecular weight excluding hydrogens is 316 g/mol. The molecule has 0 aliphatic rings. The topological polar surface area (TPSA) is 52.6 Å².